The topological polar surface area (TPSA) is 143 Å². The van der Waals surface area contributed by atoms with Crippen LogP contribution in [0.5, 0.6) is 0 Å². The molecule has 3 aliphatic heterocycles. The van der Waals surface area contributed by atoms with Crippen molar-refractivity contribution in [2.75, 3.05) is 23.0 Å². The highest BCUT2D eigenvalue weighted by molar-refractivity contribution is 7.93. The Bertz CT molecular complexity index is 1390. The lowest BCUT2D eigenvalue weighted by Crippen LogP contribution is -2.69. The first kappa shape index (κ1) is 23.9. The number of sulfonamides is 2. The molecule has 3 fully saturated rings. The van der Waals surface area contributed by atoms with Gasteiger partial charge in [0.15, 0.2) is 19.7 Å². The van der Waals surface area contributed by atoms with Gasteiger partial charge < -0.3 is 0 Å². The van der Waals surface area contributed by atoms with E-state index in [4.69, 9.17) is 0 Å². The van der Waals surface area contributed by atoms with Crippen LogP contribution >= 0.6 is 0 Å². The van der Waals surface area contributed by atoms with Crippen molar-refractivity contribution < 1.29 is 33.7 Å². The Morgan fingerprint density at radius 3 is 1.06 bits per heavy atom. The molecular formula is C20H22N2O8S4. The predicted octanol–water partition coefficient (Wildman–Crippen LogP) is -0.287. The van der Waals surface area contributed by atoms with Crippen LogP contribution in [-0.2, 0) is 39.7 Å². The summed E-state index contributed by atoms with van der Waals surface area (Å²) in [5.74, 6) is -2.36. The summed E-state index contributed by atoms with van der Waals surface area (Å²) in [6, 6.07) is 9.67. The maximum absolute atomic E-state index is 13.7. The Hall–Kier alpha value is -1.84. The van der Waals surface area contributed by atoms with E-state index >= 15 is 0 Å². The lowest BCUT2D eigenvalue weighted by Gasteiger charge is -2.48. The summed E-state index contributed by atoms with van der Waals surface area (Å²) in [5, 5.41) is 0. The molecule has 0 bridgehead atoms. The Balaban J connectivity index is 1.72. The zero-order chi connectivity index (χ0) is 24.5. The second-order valence-electron chi connectivity index (χ2n) is 8.72. The molecule has 0 N–H and O–H groups in total. The number of rotatable bonds is 4. The molecule has 0 aromatic heterocycles. The Morgan fingerprint density at radius 1 is 0.529 bits per heavy atom. The number of piperazine rings is 1. The van der Waals surface area contributed by atoms with Crippen LogP contribution in [0.3, 0.4) is 0 Å². The van der Waals surface area contributed by atoms with E-state index in [1.165, 1.54) is 48.5 Å². The molecule has 4 atom stereocenters. The zero-order valence-electron chi connectivity index (χ0n) is 17.7. The number of benzene rings is 2. The van der Waals surface area contributed by atoms with Crippen LogP contribution < -0.4 is 0 Å². The lowest BCUT2D eigenvalue weighted by atomic mass is 10.0. The fourth-order valence-corrected chi connectivity index (χ4v) is 13.3. The number of sulfone groups is 2. The monoisotopic (exact) mass is 546 g/mol. The number of hydrogen-bond acceptors (Lipinski definition) is 8. The SMILES string of the molecule is O=S1(=O)C[C@@H]2[C@H](C1)N(S(=O)(=O)c1ccccc1)[C@H]1CS(=O)(=O)C[C@H]1N2S(=O)(=O)c1ccccc1. The number of fused-ring (bicyclic) bond motifs is 2. The molecule has 0 radical (unpaired) electrons. The normalized spacial score (nSPS) is 31.1. The van der Waals surface area contributed by atoms with Crippen molar-refractivity contribution in [2.45, 2.75) is 34.0 Å². The Labute approximate surface area is 199 Å². The molecule has 5 rings (SSSR count). The fraction of sp³-hybridized carbons (Fsp3) is 0.400. The molecule has 0 spiro atoms. The van der Waals surface area contributed by atoms with E-state index in [0.717, 1.165) is 8.61 Å². The summed E-state index contributed by atoms with van der Waals surface area (Å²) in [4.78, 5) is -0.221. The van der Waals surface area contributed by atoms with E-state index in [1.807, 2.05) is 0 Å². The van der Waals surface area contributed by atoms with Gasteiger partial charge in [0.1, 0.15) is 0 Å². The molecule has 14 heteroatoms. The van der Waals surface area contributed by atoms with E-state index < -0.39 is 86.9 Å². The predicted molar refractivity (Wildman–Crippen MR) is 123 cm³/mol. The third-order valence-electron chi connectivity index (χ3n) is 6.53. The van der Waals surface area contributed by atoms with Gasteiger partial charge in [-0.05, 0) is 24.3 Å². The lowest BCUT2D eigenvalue weighted by molar-refractivity contribution is 0.0841. The molecule has 0 amide bonds. The van der Waals surface area contributed by atoms with Crippen LogP contribution in [0.25, 0.3) is 0 Å². The van der Waals surface area contributed by atoms with Gasteiger partial charge in [-0.15, -0.1) is 0 Å². The molecule has 2 aromatic rings. The average molecular weight is 547 g/mol. The van der Waals surface area contributed by atoms with Crippen molar-refractivity contribution in [1.82, 2.24) is 8.61 Å². The van der Waals surface area contributed by atoms with E-state index in [2.05, 4.69) is 0 Å². The molecule has 10 nitrogen and oxygen atoms in total. The summed E-state index contributed by atoms with van der Waals surface area (Å²) in [6.07, 6.45) is 0. The van der Waals surface area contributed by atoms with Gasteiger partial charge in [-0.2, -0.15) is 8.61 Å². The fourth-order valence-electron chi connectivity index (χ4n) is 5.23. The van der Waals surface area contributed by atoms with Crippen molar-refractivity contribution in [3.63, 3.8) is 0 Å². The van der Waals surface area contributed by atoms with Gasteiger partial charge in [-0.3, -0.25) is 0 Å². The maximum atomic E-state index is 13.7. The van der Waals surface area contributed by atoms with E-state index in [1.54, 1.807) is 12.1 Å². The van der Waals surface area contributed by atoms with Gasteiger partial charge in [-0.1, -0.05) is 36.4 Å². The highest BCUT2D eigenvalue weighted by Crippen LogP contribution is 2.43. The molecule has 2 aromatic carbocycles. The van der Waals surface area contributed by atoms with Crippen molar-refractivity contribution in [1.29, 1.82) is 0 Å². The maximum Gasteiger partial charge on any atom is 0.243 e. The molecule has 3 heterocycles. The second-order valence-corrected chi connectivity index (χ2v) is 16.7. The first-order valence-corrected chi connectivity index (χ1v) is 16.9. The molecule has 3 saturated heterocycles. The van der Waals surface area contributed by atoms with Crippen LogP contribution in [0.1, 0.15) is 0 Å². The van der Waals surface area contributed by atoms with Crippen molar-refractivity contribution >= 4 is 39.7 Å². The van der Waals surface area contributed by atoms with Crippen LogP contribution in [0.15, 0.2) is 70.5 Å². The highest BCUT2D eigenvalue weighted by Gasteiger charge is 2.63. The van der Waals surface area contributed by atoms with E-state index in [9.17, 15) is 33.7 Å². The minimum atomic E-state index is -4.32. The molecule has 3 aliphatic rings. The Kier molecular flexibility index (Phi) is 5.50. The average Bonchev–Trinajstić information content (AvgIpc) is 3.25. The second kappa shape index (κ2) is 7.83. The van der Waals surface area contributed by atoms with Gasteiger partial charge >= 0.3 is 0 Å². The molecule has 0 saturated carbocycles. The Morgan fingerprint density at radius 2 is 0.794 bits per heavy atom. The van der Waals surface area contributed by atoms with Gasteiger partial charge in [0.05, 0.1) is 57.0 Å². The van der Waals surface area contributed by atoms with Crippen molar-refractivity contribution in [2.24, 2.45) is 0 Å². The summed E-state index contributed by atoms with van der Waals surface area (Å²) >= 11 is 0. The van der Waals surface area contributed by atoms with Crippen LogP contribution in [-0.4, -0.2) is 89.5 Å². The smallest absolute Gasteiger partial charge is 0.229 e. The van der Waals surface area contributed by atoms with Gasteiger partial charge in [0, 0.05) is 0 Å². The molecule has 0 unspecified atom stereocenters. The molecule has 0 aliphatic carbocycles. The summed E-state index contributed by atoms with van der Waals surface area (Å²) in [5.41, 5.74) is 0. The van der Waals surface area contributed by atoms with Gasteiger partial charge in [0.25, 0.3) is 0 Å². The van der Waals surface area contributed by atoms with Crippen LogP contribution in [0.4, 0.5) is 0 Å². The van der Waals surface area contributed by atoms with E-state index in [0.29, 0.717) is 0 Å². The summed E-state index contributed by atoms with van der Waals surface area (Å²) in [7, 11) is -16.2. The van der Waals surface area contributed by atoms with Gasteiger partial charge in [0.2, 0.25) is 20.0 Å². The number of nitrogens with zero attached hydrogens (tertiary/aromatic N) is 2. The summed E-state index contributed by atoms with van der Waals surface area (Å²) in [6.45, 7) is 0. The molecular weight excluding hydrogens is 524 g/mol. The first-order valence-electron chi connectivity index (χ1n) is 10.4. The minimum absolute atomic E-state index is 0.111. The summed E-state index contributed by atoms with van der Waals surface area (Å²) < 4.78 is 107. The molecule has 34 heavy (non-hydrogen) atoms. The zero-order valence-corrected chi connectivity index (χ0v) is 21.0. The minimum Gasteiger partial charge on any atom is -0.229 e. The highest BCUT2D eigenvalue weighted by atomic mass is 32.2. The van der Waals surface area contributed by atoms with Crippen LogP contribution in [0, 0.1) is 0 Å². The van der Waals surface area contributed by atoms with Crippen molar-refractivity contribution in [3.8, 4) is 0 Å². The van der Waals surface area contributed by atoms with Crippen LogP contribution in [0.2, 0.25) is 0 Å². The first-order chi connectivity index (χ1) is 15.8. The van der Waals surface area contributed by atoms with Crippen molar-refractivity contribution in [3.05, 3.63) is 60.7 Å². The third-order valence-corrected chi connectivity index (χ3v) is 13.9. The van der Waals surface area contributed by atoms with Gasteiger partial charge in [-0.25, -0.2) is 33.7 Å². The van der Waals surface area contributed by atoms with E-state index in [-0.39, 0.29) is 9.79 Å². The quantitative estimate of drug-likeness (QED) is 0.509. The molecule has 184 valence electrons. The largest absolute Gasteiger partial charge is 0.243 e. The standard InChI is InChI=1S/C20H22N2O8S4/c23-31(24)11-17-19(13-31)22(34(29,30)16-9-5-2-6-10-16)20-14-32(25,26)12-18(20)21(17)33(27,28)15-7-3-1-4-8-15/h1-10,17-20H,11-14H2/t17-,18-,19+,20+. The number of hydrogen-bond donors (Lipinski definition) is 0. The third kappa shape index (κ3) is 3.80.